The second-order valence-electron chi connectivity index (χ2n) is 4.86. The zero-order chi connectivity index (χ0) is 13.2. The van der Waals surface area contributed by atoms with E-state index < -0.39 is 23.3 Å². The smallest absolute Gasteiger partial charge is 0.277 e. The van der Waals surface area contributed by atoms with Gasteiger partial charge in [0.15, 0.2) is 0 Å². The third-order valence-electron chi connectivity index (χ3n) is 2.86. The van der Waals surface area contributed by atoms with Crippen molar-refractivity contribution in [3.63, 3.8) is 0 Å². The zero-order valence-electron chi connectivity index (χ0n) is 10.5. The lowest BCUT2D eigenvalue weighted by Gasteiger charge is -2.34. The van der Waals surface area contributed by atoms with Crippen LogP contribution in [0.3, 0.4) is 0 Å². The number of imide groups is 2. The molecule has 4 amide bonds. The van der Waals surface area contributed by atoms with Crippen molar-refractivity contribution in [2.24, 2.45) is 17.3 Å². The largest absolute Gasteiger partial charge is 0.328 e. The molecule has 1 heterocycles. The van der Waals surface area contributed by atoms with E-state index in [1.807, 2.05) is 13.8 Å². The fourth-order valence-corrected chi connectivity index (χ4v) is 1.76. The van der Waals surface area contributed by atoms with Gasteiger partial charge in [-0.2, -0.15) is 0 Å². The number of carbonyl (C=O) groups is 3. The van der Waals surface area contributed by atoms with E-state index >= 15 is 0 Å². The van der Waals surface area contributed by atoms with Crippen molar-refractivity contribution >= 4 is 17.8 Å². The minimum Gasteiger partial charge on any atom is -0.277 e. The van der Waals surface area contributed by atoms with Gasteiger partial charge in [-0.05, 0) is 11.8 Å². The number of carbonyl (C=O) groups excluding carboxylic acids is 3. The Labute approximate surface area is 101 Å². The first-order chi connectivity index (χ1) is 7.80. The lowest BCUT2D eigenvalue weighted by Crippen LogP contribution is -2.63. The second-order valence-corrected chi connectivity index (χ2v) is 4.86. The number of amides is 4. The average molecular weight is 238 g/mol. The van der Waals surface area contributed by atoms with E-state index in [9.17, 15) is 14.4 Å². The monoisotopic (exact) mass is 238 g/mol. The third kappa shape index (κ3) is 2.38. The van der Waals surface area contributed by atoms with Crippen LogP contribution < -0.4 is 10.6 Å². The first-order valence-corrected chi connectivity index (χ1v) is 5.67. The summed E-state index contributed by atoms with van der Waals surface area (Å²) in [6.07, 6.45) is 3.40. The fraction of sp³-hybridized carbons (Fsp3) is 0.583. The molecule has 0 aromatic rings. The summed E-state index contributed by atoms with van der Waals surface area (Å²) in [7, 11) is 0. The molecule has 1 aliphatic rings. The van der Waals surface area contributed by atoms with Gasteiger partial charge in [0.2, 0.25) is 11.8 Å². The number of allylic oxidation sites excluding steroid dienone is 1. The quantitative estimate of drug-likeness (QED) is 0.573. The van der Waals surface area contributed by atoms with E-state index in [1.54, 1.807) is 26.0 Å². The Bertz CT molecular complexity index is 363. The van der Waals surface area contributed by atoms with E-state index in [0.29, 0.717) is 0 Å². The SMILES string of the molecule is CC(C)C=CC1(C(C)C)C(=O)NC(=O)NC1=O. The van der Waals surface area contributed by atoms with Gasteiger partial charge >= 0.3 is 6.03 Å². The second kappa shape index (κ2) is 4.69. The Hall–Kier alpha value is -1.65. The summed E-state index contributed by atoms with van der Waals surface area (Å²) in [5, 5.41) is 4.29. The van der Waals surface area contributed by atoms with Gasteiger partial charge in [0.1, 0.15) is 5.41 Å². The van der Waals surface area contributed by atoms with Gasteiger partial charge in [-0.15, -0.1) is 0 Å². The molecule has 1 aliphatic heterocycles. The lowest BCUT2D eigenvalue weighted by atomic mass is 9.73. The van der Waals surface area contributed by atoms with Crippen molar-refractivity contribution < 1.29 is 14.4 Å². The van der Waals surface area contributed by atoms with Crippen LogP contribution in [-0.4, -0.2) is 17.8 Å². The molecule has 5 heteroatoms. The maximum absolute atomic E-state index is 11.9. The molecule has 0 aromatic heterocycles. The van der Waals surface area contributed by atoms with Gasteiger partial charge in [-0.25, -0.2) is 4.79 Å². The van der Waals surface area contributed by atoms with E-state index in [4.69, 9.17) is 0 Å². The molecule has 2 N–H and O–H groups in total. The van der Waals surface area contributed by atoms with Crippen molar-refractivity contribution in [3.8, 4) is 0 Å². The highest BCUT2D eigenvalue weighted by Crippen LogP contribution is 2.32. The first kappa shape index (κ1) is 13.4. The Morgan fingerprint density at radius 1 is 1.00 bits per heavy atom. The highest BCUT2D eigenvalue weighted by atomic mass is 16.2. The predicted molar refractivity (Wildman–Crippen MR) is 62.9 cm³/mol. The normalized spacial score (nSPS) is 20.0. The molecular formula is C12H18N2O3. The van der Waals surface area contributed by atoms with Crippen molar-refractivity contribution in [2.45, 2.75) is 27.7 Å². The van der Waals surface area contributed by atoms with Gasteiger partial charge in [-0.1, -0.05) is 39.8 Å². The molecule has 5 nitrogen and oxygen atoms in total. The van der Waals surface area contributed by atoms with Gasteiger partial charge in [0, 0.05) is 0 Å². The Morgan fingerprint density at radius 3 is 1.82 bits per heavy atom. The van der Waals surface area contributed by atoms with Crippen LogP contribution in [0.25, 0.3) is 0 Å². The zero-order valence-corrected chi connectivity index (χ0v) is 10.5. The van der Waals surface area contributed by atoms with Crippen LogP contribution in [0.1, 0.15) is 27.7 Å². The number of nitrogens with one attached hydrogen (secondary N) is 2. The van der Waals surface area contributed by atoms with Crippen LogP contribution in [-0.2, 0) is 9.59 Å². The summed E-state index contributed by atoms with van der Waals surface area (Å²) in [4.78, 5) is 34.9. The maximum Gasteiger partial charge on any atom is 0.328 e. The van der Waals surface area contributed by atoms with E-state index in [1.165, 1.54) is 0 Å². The summed E-state index contributed by atoms with van der Waals surface area (Å²) in [5.41, 5.74) is -1.29. The van der Waals surface area contributed by atoms with Crippen LogP contribution in [0, 0.1) is 17.3 Å². The molecule has 0 radical (unpaired) electrons. The summed E-state index contributed by atoms with van der Waals surface area (Å²) < 4.78 is 0. The van der Waals surface area contributed by atoms with Crippen molar-refractivity contribution in [1.82, 2.24) is 10.6 Å². The van der Waals surface area contributed by atoms with Gasteiger partial charge in [-0.3, -0.25) is 20.2 Å². The molecule has 1 rings (SSSR count). The van der Waals surface area contributed by atoms with Crippen LogP contribution in [0.2, 0.25) is 0 Å². The number of hydrogen-bond acceptors (Lipinski definition) is 3. The van der Waals surface area contributed by atoms with Crippen LogP contribution in [0.15, 0.2) is 12.2 Å². The van der Waals surface area contributed by atoms with E-state index in [-0.39, 0.29) is 11.8 Å². The molecule has 17 heavy (non-hydrogen) atoms. The number of hydrogen-bond donors (Lipinski definition) is 2. The molecule has 0 unspecified atom stereocenters. The summed E-state index contributed by atoms with van der Waals surface area (Å²) >= 11 is 0. The highest BCUT2D eigenvalue weighted by molar-refractivity contribution is 6.20. The molecule has 0 saturated carbocycles. The Kier molecular flexibility index (Phi) is 3.70. The summed E-state index contributed by atoms with van der Waals surface area (Å²) in [5.74, 6) is -1.12. The number of rotatable bonds is 3. The molecule has 0 atom stereocenters. The first-order valence-electron chi connectivity index (χ1n) is 5.67. The molecule has 0 aliphatic carbocycles. The number of urea groups is 1. The Balaban J connectivity index is 3.18. The van der Waals surface area contributed by atoms with Gasteiger partial charge < -0.3 is 0 Å². The van der Waals surface area contributed by atoms with Gasteiger partial charge in [0.05, 0.1) is 0 Å². The Morgan fingerprint density at radius 2 is 1.47 bits per heavy atom. The van der Waals surface area contributed by atoms with Crippen LogP contribution in [0.4, 0.5) is 4.79 Å². The van der Waals surface area contributed by atoms with Gasteiger partial charge in [0.25, 0.3) is 0 Å². The number of barbiturate groups is 1. The molecule has 1 fully saturated rings. The summed E-state index contributed by atoms with van der Waals surface area (Å²) in [6, 6.07) is -0.755. The highest BCUT2D eigenvalue weighted by Gasteiger charge is 2.50. The van der Waals surface area contributed by atoms with E-state index in [0.717, 1.165) is 0 Å². The minimum absolute atomic E-state index is 0.226. The maximum atomic E-state index is 11.9. The third-order valence-corrected chi connectivity index (χ3v) is 2.86. The van der Waals surface area contributed by atoms with Crippen molar-refractivity contribution in [2.75, 3.05) is 0 Å². The predicted octanol–water partition coefficient (Wildman–Crippen LogP) is 1.21. The molecule has 0 bridgehead atoms. The minimum atomic E-state index is -1.29. The fourth-order valence-electron chi connectivity index (χ4n) is 1.76. The van der Waals surface area contributed by atoms with Crippen molar-refractivity contribution in [1.29, 1.82) is 0 Å². The molecule has 1 saturated heterocycles. The molecular weight excluding hydrogens is 220 g/mol. The molecule has 0 spiro atoms. The molecule has 0 aromatic carbocycles. The van der Waals surface area contributed by atoms with Crippen LogP contribution in [0.5, 0.6) is 0 Å². The molecule has 94 valence electrons. The average Bonchev–Trinajstić information content (AvgIpc) is 2.15. The summed E-state index contributed by atoms with van der Waals surface area (Å²) in [6.45, 7) is 7.46. The topological polar surface area (TPSA) is 75.3 Å². The van der Waals surface area contributed by atoms with Crippen LogP contribution >= 0.6 is 0 Å². The lowest BCUT2D eigenvalue weighted by molar-refractivity contribution is -0.143. The standard InChI is InChI=1S/C12H18N2O3/c1-7(2)5-6-12(8(3)4)9(15)13-11(17)14-10(12)16/h5-8H,1-4H3,(H2,13,14,15,16,17). The van der Waals surface area contributed by atoms with E-state index in [2.05, 4.69) is 10.6 Å². The van der Waals surface area contributed by atoms with Crippen molar-refractivity contribution in [3.05, 3.63) is 12.2 Å².